The van der Waals surface area contributed by atoms with Gasteiger partial charge in [-0.2, -0.15) is 17.9 Å². The van der Waals surface area contributed by atoms with E-state index in [1.165, 1.54) is 19.2 Å². The maximum Gasteiger partial charge on any atom is 0.416 e. The molecule has 186 valence electrons. The lowest BCUT2D eigenvalue weighted by molar-refractivity contribution is -0.137. The minimum absolute atomic E-state index is 0.0372. The van der Waals surface area contributed by atoms with Crippen LogP contribution in [-0.2, 0) is 27.4 Å². The van der Waals surface area contributed by atoms with Crippen molar-refractivity contribution < 1.29 is 31.1 Å². The van der Waals surface area contributed by atoms with Gasteiger partial charge in [0.15, 0.2) is 0 Å². The fourth-order valence-corrected chi connectivity index (χ4v) is 4.83. The van der Waals surface area contributed by atoms with Gasteiger partial charge in [-0.25, -0.2) is 8.42 Å². The Hall–Kier alpha value is -2.79. The highest BCUT2D eigenvalue weighted by Gasteiger charge is 2.32. The molecular weight excluding hydrogens is 528 g/mol. The first-order chi connectivity index (χ1) is 16.4. The van der Waals surface area contributed by atoms with E-state index in [0.29, 0.717) is 11.6 Å². The van der Waals surface area contributed by atoms with Gasteiger partial charge in [0.25, 0.3) is 0 Å². The summed E-state index contributed by atoms with van der Waals surface area (Å²) in [6.07, 6.45) is -4.75. The lowest BCUT2D eigenvalue weighted by Gasteiger charge is -2.20. The Morgan fingerprint density at radius 3 is 2.29 bits per heavy atom. The molecule has 0 aromatic heterocycles. The molecule has 3 rings (SSSR count). The van der Waals surface area contributed by atoms with Crippen LogP contribution in [0, 0.1) is 0 Å². The van der Waals surface area contributed by atoms with Gasteiger partial charge in [-0.05, 0) is 48.4 Å². The zero-order valence-corrected chi connectivity index (χ0v) is 20.4. The van der Waals surface area contributed by atoms with Gasteiger partial charge in [0.05, 0.1) is 33.3 Å². The van der Waals surface area contributed by atoms with Crippen LogP contribution in [0.2, 0.25) is 10.0 Å². The van der Waals surface area contributed by atoms with Crippen molar-refractivity contribution in [3.63, 3.8) is 0 Å². The average molecular weight is 547 g/mol. The van der Waals surface area contributed by atoms with E-state index < -0.39 is 33.7 Å². The second kappa shape index (κ2) is 10.9. The number of anilines is 1. The van der Waals surface area contributed by atoms with Crippen molar-refractivity contribution in [1.82, 2.24) is 4.72 Å². The summed E-state index contributed by atoms with van der Waals surface area (Å²) in [4.78, 5) is 12.9. The Morgan fingerprint density at radius 2 is 1.69 bits per heavy atom. The molecule has 0 spiro atoms. The lowest BCUT2D eigenvalue weighted by Crippen LogP contribution is -2.45. The molecule has 0 aliphatic rings. The van der Waals surface area contributed by atoms with E-state index in [2.05, 4.69) is 10.0 Å². The van der Waals surface area contributed by atoms with Gasteiger partial charge >= 0.3 is 6.18 Å². The number of amides is 1. The predicted octanol–water partition coefficient (Wildman–Crippen LogP) is 5.55. The zero-order valence-electron chi connectivity index (χ0n) is 18.1. The fourth-order valence-electron chi connectivity index (χ4n) is 3.12. The van der Waals surface area contributed by atoms with E-state index in [-0.39, 0.29) is 32.8 Å². The molecule has 0 fully saturated rings. The number of halogens is 5. The van der Waals surface area contributed by atoms with Crippen LogP contribution in [0.1, 0.15) is 11.1 Å². The first-order valence-corrected chi connectivity index (χ1v) is 12.2. The van der Waals surface area contributed by atoms with E-state index in [1.54, 1.807) is 30.3 Å². The Balaban J connectivity index is 1.93. The van der Waals surface area contributed by atoms with Crippen molar-refractivity contribution in [1.29, 1.82) is 0 Å². The SMILES string of the molecule is COc1ccc(S(=O)(=O)NC(Cc2ccccc2)C(=O)Nc2cc(C(F)(F)F)ccc2Cl)cc1Cl. The molecule has 3 aromatic rings. The molecule has 2 N–H and O–H groups in total. The van der Waals surface area contributed by atoms with Gasteiger partial charge in [0, 0.05) is 0 Å². The summed E-state index contributed by atoms with van der Waals surface area (Å²) >= 11 is 12.0. The van der Waals surface area contributed by atoms with Gasteiger partial charge < -0.3 is 10.1 Å². The number of alkyl halides is 3. The van der Waals surface area contributed by atoms with Crippen LogP contribution in [0.3, 0.4) is 0 Å². The molecule has 0 heterocycles. The third-order valence-electron chi connectivity index (χ3n) is 4.88. The normalized spacial score (nSPS) is 12.7. The number of carbonyl (C=O) groups excluding carboxylic acids is 1. The molecule has 0 bridgehead atoms. The quantitative estimate of drug-likeness (QED) is 0.388. The first-order valence-electron chi connectivity index (χ1n) is 9.98. The number of hydrogen-bond acceptors (Lipinski definition) is 4. The number of ether oxygens (including phenoxy) is 1. The molecule has 3 aromatic carbocycles. The highest BCUT2D eigenvalue weighted by atomic mass is 35.5. The molecule has 0 saturated carbocycles. The van der Waals surface area contributed by atoms with Crippen LogP contribution in [-0.4, -0.2) is 27.5 Å². The molecule has 35 heavy (non-hydrogen) atoms. The van der Waals surface area contributed by atoms with Gasteiger partial charge in [-0.3, -0.25) is 4.79 Å². The van der Waals surface area contributed by atoms with Gasteiger partial charge in [0.1, 0.15) is 11.8 Å². The Bertz CT molecular complexity index is 1320. The molecule has 1 amide bonds. The minimum Gasteiger partial charge on any atom is -0.495 e. The number of carbonyl (C=O) groups is 1. The number of methoxy groups -OCH3 is 1. The molecule has 0 saturated heterocycles. The van der Waals surface area contributed by atoms with E-state index in [1.807, 2.05) is 0 Å². The summed E-state index contributed by atoms with van der Waals surface area (Å²) in [5.41, 5.74) is -0.722. The molecule has 1 atom stereocenters. The molecule has 0 radical (unpaired) electrons. The van der Waals surface area contributed by atoms with Crippen LogP contribution in [0.5, 0.6) is 5.75 Å². The maximum absolute atomic E-state index is 13.1. The summed E-state index contributed by atoms with van der Waals surface area (Å²) < 4.78 is 72.7. The van der Waals surface area contributed by atoms with Crippen LogP contribution < -0.4 is 14.8 Å². The zero-order chi connectivity index (χ0) is 25.8. The third kappa shape index (κ3) is 6.88. The Labute approximate surface area is 210 Å². The van der Waals surface area contributed by atoms with Crippen LogP contribution >= 0.6 is 23.2 Å². The topological polar surface area (TPSA) is 84.5 Å². The number of rotatable bonds is 8. The third-order valence-corrected chi connectivity index (χ3v) is 6.98. The summed E-state index contributed by atoms with van der Waals surface area (Å²) in [6, 6.07) is 13.3. The molecule has 6 nitrogen and oxygen atoms in total. The van der Waals surface area contributed by atoms with E-state index in [9.17, 15) is 26.4 Å². The summed E-state index contributed by atoms with van der Waals surface area (Å²) in [6.45, 7) is 0. The number of benzene rings is 3. The molecule has 0 aliphatic heterocycles. The lowest BCUT2D eigenvalue weighted by atomic mass is 10.1. The van der Waals surface area contributed by atoms with E-state index in [4.69, 9.17) is 27.9 Å². The van der Waals surface area contributed by atoms with E-state index >= 15 is 0 Å². The number of hydrogen-bond donors (Lipinski definition) is 2. The monoisotopic (exact) mass is 546 g/mol. The van der Waals surface area contributed by atoms with Gasteiger partial charge in [0.2, 0.25) is 15.9 Å². The molecule has 1 unspecified atom stereocenters. The minimum atomic E-state index is -4.66. The summed E-state index contributed by atoms with van der Waals surface area (Å²) in [5.74, 6) is -0.651. The van der Waals surface area contributed by atoms with Crippen molar-refractivity contribution in [2.24, 2.45) is 0 Å². The van der Waals surface area contributed by atoms with Crippen molar-refractivity contribution in [3.05, 3.63) is 87.9 Å². The van der Waals surface area contributed by atoms with Gasteiger partial charge in [-0.1, -0.05) is 53.5 Å². The Morgan fingerprint density at radius 1 is 1.00 bits per heavy atom. The second-order valence-electron chi connectivity index (χ2n) is 7.34. The van der Waals surface area contributed by atoms with Gasteiger partial charge in [-0.15, -0.1) is 0 Å². The fraction of sp³-hybridized carbons (Fsp3) is 0.174. The highest BCUT2D eigenvalue weighted by molar-refractivity contribution is 7.89. The average Bonchev–Trinajstić information content (AvgIpc) is 2.79. The van der Waals surface area contributed by atoms with E-state index in [0.717, 1.165) is 18.2 Å². The number of nitrogens with one attached hydrogen (secondary N) is 2. The van der Waals surface area contributed by atoms with Crippen LogP contribution in [0.25, 0.3) is 0 Å². The number of sulfonamides is 1. The molecular formula is C23H19Cl2F3N2O4S. The van der Waals surface area contributed by atoms with Crippen molar-refractivity contribution in [2.45, 2.75) is 23.5 Å². The van der Waals surface area contributed by atoms with Crippen LogP contribution in [0.15, 0.2) is 71.6 Å². The molecule has 0 aliphatic carbocycles. The first kappa shape index (κ1) is 26.8. The predicted molar refractivity (Wildman–Crippen MR) is 127 cm³/mol. The second-order valence-corrected chi connectivity index (χ2v) is 9.87. The summed E-state index contributed by atoms with van der Waals surface area (Å²) in [7, 11) is -2.90. The van der Waals surface area contributed by atoms with Crippen molar-refractivity contribution in [2.75, 3.05) is 12.4 Å². The Kier molecular flexibility index (Phi) is 8.32. The van der Waals surface area contributed by atoms with Crippen LogP contribution in [0.4, 0.5) is 18.9 Å². The standard InChI is InChI=1S/C23H19Cl2F3N2O4S/c1-34-21-10-8-16(13-18(21)25)35(32,33)30-20(11-14-5-3-2-4-6-14)22(31)29-19-12-15(23(26,27)28)7-9-17(19)24/h2-10,12-13,20,30H,11H2,1H3,(H,29,31). The molecule has 12 heteroatoms. The van der Waals surface area contributed by atoms with Crippen molar-refractivity contribution >= 4 is 44.8 Å². The smallest absolute Gasteiger partial charge is 0.416 e. The summed E-state index contributed by atoms with van der Waals surface area (Å²) in [5, 5.41) is 2.20. The largest absolute Gasteiger partial charge is 0.495 e. The van der Waals surface area contributed by atoms with Crippen molar-refractivity contribution in [3.8, 4) is 5.75 Å². The maximum atomic E-state index is 13.1. The highest BCUT2D eigenvalue weighted by Crippen LogP contribution is 2.34.